The zero-order valence-corrected chi connectivity index (χ0v) is 17.8. The Balaban J connectivity index is 0.000000339. The van der Waals surface area contributed by atoms with Gasteiger partial charge in [0.2, 0.25) is 0 Å². The number of aromatic nitrogens is 2. The summed E-state index contributed by atoms with van der Waals surface area (Å²) in [5, 5.41) is 11.0. The Bertz CT molecular complexity index is 894. The van der Waals surface area contributed by atoms with E-state index >= 15 is 0 Å². The van der Waals surface area contributed by atoms with Crippen LogP contribution in [0.1, 0.15) is 47.4 Å². The van der Waals surface area contributed by atoms with E-state index in [9.17, 15) is 18.0 Å². The van der Waals surface area contributed by atoms with Crippen LogP contribution in [0.4, 0.5) is 13.2 Å². The Morgan fingerprint density at radius 1 is 1.35 bits per heavy atom. The van der Waals surface area contributed by atoms with Crippen molar-refractivity contribution in [1.29, 1.82) is 0 Å². The number of fused-ring (bicyclic) bond motifs is 1. The van der Waals surface area contributed by atoms with Crippen molar-refractivity contribution in [2.45, 2.75) is 44.9 Å². The Kier molecular flexibility index (Phi) is 7.37. The van der Waals surface area contributed by atoms with Gasteiger partial charge in [-0.25, -0.2) is 9.78 Å². The van der Waals surface area contributed by atoms with Gasteiger partial charge in [0.15, 0.2) is 0 Å². The summed E-state index contributed by atoms with van der Waals surface area (Å²) in [5.74, 6) is -1.65. The molecule has 2 aliphatic rings. The van der Waals surface area contributed by atoms with Crippen LogP contribution < -0.4 is 0 Å². The van der Waals surface area contributed by atoms with Crippen molar-refractivity contribution in [2.75, 3.05) is 19.8 Å². The maximum atomic E-state index is 12.7. The second-order valence-electron chi connectivity index (χ2n) is 7.53. The average molecular weight is 459 g/mol. The Morgan fingerprint density at radius 2 is 2.06 bits per heavy atom. The SMILES string of the molecule is CCOCC1CN(C(=O)c2ccsc2)Cc2ncn(CC3CC3)c21.O=C(O)C(F)(F)F. The van der Waals surface area contributed by atoms with E-state index in [0.29, 0.717) is 26.3 Å². The van der Waals surface area contributed by atoms with Crippen LogP contribution in [0.15, 0.2) is 23.2 Å². The minimum absolute atomic E-state index is 0.0974. The summed E-state index contributed by atoms with van der Waals surface area (Å²) >= 11 is 1.56. The number of amides is 1. The number of imidazole rings is 1. The van der Waals surface area contributed by atoms with Gasteiger partial charge in [-0.15, -0.1) is 0 Å². The second kappa shape index (κ2) is 9.82. The number of rotatable bonds is 6. The first-order valence-electron chi connectivity index (χ1n) is 9.93. The molecule has 0 bridgehead atoms. The van der Waals surface area contributed by atoms with Crippen LogP contribution in [0.25, 0.3) is 0 Å². The number of carboxylic acids is 1. The maximum absolute atomic E-state index is 12.7. The zero-order chi connectivity index (χ0) is 22.6. The molecule has 1 amide bonds. The van der Waals surface area contributed by atoms with Crippen molar-refractivity contribution in [2.24, 2.45) is 5.92 Å². The van der Waals surface area contributed by atoms with Gasteiger partial charge in [-0.1, -0.05) is 0 Å². The van der Waals surface area contributed by atoms with Crippen molar-refractivity contribution in [3.05, 3.63) is 40.1 Å². The highest BCUT2D eigenvalue weighted by atomic mass is 32.1. The number of thiophene rings is 1. The van der Waals surface area contributed by atoms with Gasteiger partial charge in [-0.05, 0) is 37.1 Å². The molecule has 1 fully saturated rings. The van der Waals surface area contributed by atoms with E-state index in [1.54, 1.807) is 11.3 Å². The van der Waals surface area contributed by atoms with Crippen molar-refractivity contribution in [1.82, 2.24) is 14.5 Å². The third kappa shape index (κ3) is 6.07. The molecule has 11 heteroatoms. The molecule has 1 atom stereocenters. The highest BCUT2D eigenvalue weighted by Gasteiger charge is 2.38. The molecule has 2 aromatic rings. The van der Waals surface area contributed by atoms with Gasteiger partial charge in [0.25, 0.3) is 5.91 Å². The third-order valence-corrected chi connectivity index (χ3v) is 5.78. The van der Waals surface area contributed by atoms with E-state index in [-0.39, 0.29) is 11.8 Å². The fourth-order valence-electron chi connectivity index (χ4n) is 3.46. The number of halogens is 3. The number of ether oxygens (including phenoxy) is 1. The lowest BCUT2D eigenvalue weighted by molar-refractivity contribution is -0.192. The standard InChI is InChI=1S/C18H23N3O2S.C2HF3O2/c1-2-23-10-15-8-20(18(22)14-5-6-24-11-14)9-16-17(15)21(12-19-16)7-13-3-4-13;3-2(4,5)1(6)7/h5-6,11-13,15H,2-4,7-10H2,1H3;(H,6,7). The first-order chi connectivity index (χ1) is 14.7. The van der Waals surface area contributed by atoms with E-state index in [4.69, 9.17) is 14.6 Å². The van der Waals surface area contributed by atoms with Crippen LogP contribution in [0.3, 0.4) is 0 Å². The molecule has 2 aromatic heterocycles. The fourth-order valence-corrected chi connectivity index (χ4v) is 4.09. The summed E-state index contributed by atoms with van der Waals surface area (Å²) in [6.07, 6.45) is -0.474. The Labute approximate surface area is 181 Å². The van der Waals surface area contributed by atoms with Crippen LogP contribution in [0, 0.1) is 5.92 Å². The monoisotopic (exact) mass is 459 g/mol. The minimum Gasteiger partial charge on any atom is -0.475 e. The molecule has 1 aliphatic carbocycles. The largest absolute Gasteiger partial charge is 0.490 e. The molecule has 0 spiro atoms. The number of carboxylic acid groups (broad SMARTS) is 1. The van der Waals surface area contributed by atoms with E-state index in [1.165, 1.54) is 18.5 Å². The second-order valence-corrected chi connectivity index (χ2v) is 8.31. The lowest BCUT2D eigenvalue weighted by Crippen LogP contribution is -2.40. The lowest BCUT2D eigenvalue weighted by atomic mass is 9.98. The molecule has 1 N–H and O–H groups in total. The predicted octanol–water partition coefficient (Wildman–Crippen LogP) is 3.76. The first kappa shape index (κ1) is 23.3. The van der Waals surface area contributed by atoms with Gasteiger partial charge < -0.3 is 19.3 Å². The minimum atomic E-state index is -5.08. The molecule has 31 heavy (non-hydrogen) atoms. The van der Waals surface area contributed by atoms with E-state index < -0.39 is 12.1 Å². The molecule has 1 aliphatic heterocycles. The number of nitrogens with zero attached hydrogens (tertiary/aromatic N) is 3. The molecule has 3 heterocycles. The molecule has 0 radical (unpaired) electrons. The fraction of sp³-hybridized carbons (Fsp3) is 0.550. The van der Waals surface area contributed by atoms with Crippen LogP contribution in [0.2, 0.25) is 0 Å². The van der Waals surface area contributed by atoms with Crippen molar-refractivity contribution in [3.8, 4) is 0 Å². The number of carbonyl (C=O) groups excluding carboxylic acids is 1. The number of aliphatic carboxylic acids is 1. The highest BCUT2D eigenvalue weighted by molar-refractivity contribution is 7.08. The van der Waals surface area contributed by atoms with Crippen LogP contribution in [-0.2, 0) is 22.6 Å². The molecule has 7 nitrogen and oxygen atoms in total. The Morgan fingerprint density at radius 3 is 2.61 bits per heavy atom. The third-order valence-electron chi connectivity index (χ3n) is 5.10. The molecular weight excluding hydrogens is 435 g/mol. The summed E-state index contributed by atoms with van der Waals surface area (Å²) < 4.78 is 39.8. The zero-order valence-electron chi connectivity index (χ0n) is 17.0. The Hall–Kier alpha value is -2.40. The van der Waals surface area contributed by atoms with Gasteiger partial charge in [-0.3, -0.25) is 4.79 Å². The van der Waals surface area contributed by atoms with Gasteiger partial charge in [0.1, 0.15) is 0 Å². The summed E-state index contributed by atoms with van der Waals surface area (Å²) in [6.45, 7) is 5.72. The average Bonchev–Trinajstić information content (AvgIpc) is 3.20. The molecule has 1 unspecified atom stereocenters. The topological polar surface area (TPSA) is 84.7 Å². The first-order valence-corrected chi connectivity index (χ1v) is 10.9. The van der Waals surface area contributed by atoms with Gasteiger partial charge in [0.05, 0.1) is 30.7 Å². The highest BCUT2D eigenvalue weighted by Crippen LogP contribution is 2.34. The number of hydrogen-bond acceptors (Lipinski definition) is 5. The number of hydrogen-bond donors (Lipinski definition) is 1. The predicted molar refractivity (Wildman–Crippen MR) is 107 cm³/mol. The van der Waals surface area contributed by atoms with Crippen LogP contribution in [0.5, 0.6) is 0 Å². The maximum Gasteiger partial charge on any atom is 0.490 e. The number of alkyl halides is 3. The smallest absolute Gasteiger partial charge is 0.475 e. The van der Waals surface area contributed by atoms with Crippen LogP contribution >= 0.6 is 11.3 Å². The van der Waals surface area contributed by atoms with E-state index in [1.807, 2.05) is 35.0 Å². The molecule has 170 valence electrons. The van der Waals surface area contributed by atoms with Crippen molar-refractivity contribution < 1.29 is 32.6 Å². The lowest BCUT2D eigenvalue weighted by Gasteiger charge is -2.33. The molecule has 1 saturated carbocycles. The van der Waals surface area contributed by atoms with Gasteiger partial charge >= 0.3 is 12.1 Å². The number of carbonyl (C=O) groups is 2. The molecule has 0 saturated heterocycles. The van der Waals surface area contributed by atoms with Crippen molar-refractivity contribution >= 4 is 23.2 Å². The van der Waals surface area contributed by atoms with Crippen LogP contribution in [-0.4, -0.2) is 57.4 Å². The van der Waals surface area contributed by atoms with Crippen molar-refractivity contribution in [3.63, 3.8) is 0 Å². The quantitative estimate of drug-likeness (QED) is 0.711. The summed E-state index contributed by atoms with van der Waals surface area (Å²) in [4.78, 5) is 28.2. The van der Waals surface area contributed by atoms with Gasteiger partial charge in [0, 0.05) is 36.7 Å². The summed E-state index contributed by atoms with van der Waals surface area (Å²) in [7, 11) is 0. The summed E-state index contributed by atoms with van der Waals surface area (Å²) in [6, 6.07) is 1.89. The molecule has 4 rings (SSSR count). The van der Waals surface area contributed by atoms with Gasteiger partial charge in [-0.2, -0.15) is 24.5 Å². The molecule has 0 aromatic carbocycles. The summed E-state index contributed by atoms with van der Waals surface area (Å²) in [5.41, 5.74) is 3.09. The van der Waals surface area contributed by atoms with E-state index in [0.717, 1.165) is 23.7 Å². The molecular formula is C20H24F3N3O4S. The van der Waals surface area contributed by atoms with E-state index in [2.05, 4.69) is 9.55 Å². The normalized spacial score (nSPS) is 18.2.